The molecule has 0 atom stereocenters. The second-order valence-corrected chi connectivity index (χ2v) is 9.47. The second kappa shape index (κ2) is 9.29. The Kier molecular flexibility index (Phi) is 7.54. The van der Waals surface area contributed by atoms with Crippen molar-refractivity contribution < 1.29 is 18.0 Å². The number of hydrogen-bond donors (Lipinski definition) is 1. The molecule has 0 bridgehead atoms. The number of halogens is 3. The molecule has 1 N–H and O–H groups in total. The molecule has 1 heterocycles. The zero-order chi connectivity index (χ0) is 20.9. The molecule has 6 heteroatoms. The highest BCUT2D eigenvalue weighted by Gasteiger charge is 2.34. The maximum atomic E-state index is 13.3. The monoisotopic (exact) mass is 398 g/mol. The van der Waals surface area contributed by atoms with Gasteiger partial charge in [0.05, 0.1) is 5.56 Å². The summed E-state index contributed by atoms with van der Waals surface area (Å²) in [5.41, 5.74) is 0.372. The molecule has 0 radical (unpaired) electrons. The van der Waals surface area contributed by atoms with Crippen molar-refractivity contribution in [3.05, 3.63) is 29.3 Å². The van der Waals surface area contributed by atoms with E-state index in [1.165, 1.54) is 6.07 Å². The molecule has 3 rings (SSSR count). The average molecular weight is 399 g/mol. The van der Waals surface area contributed by atoms with Crippen LogP contribution in [0.25, 0.3) is 0 Å². The van der Waals surface area contributed by atoms with Crippen molar-refractivity contribution in [2.45, 2.75) is 72.5 Å². The van der Waals surface area contributed by atoms with Gasteiger partial charge in [0.1, 0.15) is 0 Å². The van der Waals surface area contributed by atoms with Crippen molar-refractivity contribution >= 4 is 11.6 Å². The predicted molar refractivity (Wildman–Crippen MR) is 107 cm³/mol. The first-order valence-corrected chi connectivity index (χ1v) is 10.2. The topological polar surface area (TPSA) is 32.3 Å². The van der Waals surface area contributed by atoms with Crippen LogP contribution in [0, 0.1) is 11.3 Å². The smallest absolute Gasteiger partial charge is 0.326 e. The Morgan fingerprint density at radius 2 is 1.64 bits per heavy atom. The molecule has 158 valence electrons. The Bertz CT molecular complexity index is 649. The van der Waals surface area contributed by atoms with Gasteiger partial charge in [-0.25, -0.2) is 0 Å². The van der Waals surface area contributed by atoms with Gasteiger partial charge in [0.25, 0.3) is 0 Å². The maximum Gasteiger partial charge on any atom is 0.416 e. The van der Waals surface area contributed by atoms with Crippen LogP contribution in [-0.2, 0) is 17.5 Å². The lowest BCUT2D eigenvalue weighted by atomic mass is 9.85. The molecule has 1 saturated heterocycles. The fourth-order valence-electron chi connectivity index (χ4n) is 3.15. The number of alkyl halides is 3. The number of nitrogens with one attached hydrogen (secondary N) is 1. The summed E-state index contributed by atoms with van der Waals surface area (Å²) in [6.07, 6.45) is 0.330. The number of carbonyl (C=O) groups excluding carboxylic acids is 1. The van der Waals surface area contributed by atoms with Crippen molar-refractivity contribution in [3.63, 3.8) is 0 Å². The first-order valence-electron chi connectivity index (χ1n) is 10.2. The lowest BCUT2D eigenvalue weighted by Crippen LogP contribution is -2.28. The van der Waals surface area contributed by atoms with Crippen molar-refractivity contribution in [2.75, 3.05) is 18.4 Å². The highest BCUT2D eigenvalue weighted by Crippen LogP contribution is 2.35. The van der Waals surface area contributed by atoms with E-state index in [-0.39, 0.29) is 23.1 Å². The minimum atomic E-state index is -4.41. The molecule has 1 aromatic rings. The molecular formula is C22H33F3N2O. The van der Waals surface area contributed by atoms with E-state index < -0.39 is 11.7 Å². The van der Waals surface area contributed by atoms with Gasteiger partial charge in [0.15, 0.2) is 0 Å². The molecule has 0 unspecified atom stereocenters. The van der Waals surface area contributed by atoms with Crippen LogP contribution in [0.2, 0.25) is 0 Å². The summed E-state index contributed by atoms with van der Waals surface area (Å²) in [4.78, 5) is 14.0. The molecule has 1 aromatic carbocycles. The summed E-state index contributed by atoms with van der Waals surface area (Å²) < 4.78 is 40.0. The minimum Gasteiger partial charge on any atom is -0.326 e. The third kappa shape index (κ3) is 7.46. The van der Waals surface area contributed by atoms with Gasteiger partial charge < -0.3 is 5.32 Å². The van der Waals surface area contributed by atoms with Gasteiger partial charge >= 0.3 is 6.18 Å². The van der Waals surface area contributed by atoms with Crippen molar-refractivity contribution in [1.82, 2.24) is 4.90 Å². The van der Waals surface area contributed by atoms with Crippen LogP contribution in [0.15, 0.2) is 18.2 Å². The van der Waals surface area contributed by atoms with E-state index in [0.717, 1.165) is 51.3 Å². The van der Waals surface area contributed by atoms with E-state index >= 15 is 0 Å². The van der Waals surface area contributed by atoms with Crippen molar-refractivity contribution in [1.29, 1.82) is 0 Å². The van der Waals surface area contributed by atoms with E-state index in [4.69, 9.17) is 0 Å². The van der Waals surface area contributed by atoms with Gasteiger partial charge in [-0.2, -0.15) is 13.2 Å². The number of hydrogen-bond acceptors (Lipinski definition) is 2. The van der Waals surface area contributed by atoms with E-state index in [1.807, 2.05) is 4.90 Å². The van der Waals surface area contributed by atoms with Crippen LogP contribution in [-0.4, -0.2) is 23.9 Å². The van der Waals surface area contributed by atoms with E-state index in [9.17, 15) is 18.0 Å². The molecule has 1 saturated carbocycles. The van der Waals surface area contributed by atoms with Gasteiger partial charge in [0, 0.05) is 18.2 Å². The third-order valence-corrected chi connectivity index (χ3v) is 4.75. The molecule has 1 aliphatic heterocycles. The summed E-state index contributed by atoms with van der Waals surface area (Å²) in [6, 6.07) is 4.15. The van der Waals surface area contributed by atoms with Crippen LogP contribution in [0.1, 0.15) is 70.9 Å². The SMILES string of the molecule is CC(C)(C)C.O=C(Nc1ccc(CN2CCCC2)c(C(F)(F)F)c1)C1CCC1. The summed E-state index contributed by atoms with van der Waals surface area (Å²) >= 11 is 0. The number of nitrogens with zero attached hydrogens (tertiary/aromatic N) is 1. The lowest BCUT2D eigenvalue weighted by molar-refractivity contribution is -0.138. The zero-order valence-electron chi connectivity index (χ0n) is 17.5. The van der Waals surface area contributed by atoms with Crippen LogP contribution < -0.4 is 5.32 Å². The van der Waals surface area contributed by atoms with E-state index in [1.54, 1.807) is 6.07 Å². The molecule has 0 spiro atoms. The fourth-order valence-corrected chi connectivity index (χ4v) is 3.15. The molecular weight excluding hydrogens is 365 g/mol. The van der Waals surface area contributed by atoms with E-state index in [2.05, 4.69) is 33.0 Å². The molecule has 0 aromatic heterocycles. The quantitative estimate of drug-likeness (QED) is 0.665. The number of rotatable bonds is 4. The summed E-state index contributed by atoms with van der Waals surface area (Å²) in [5, 5.41) is 2.62. The zero-order valence-corrected chi connectivity index (χ0v) is 17.5. The van der Waals surface area contributed by atoms with Gasteiger partial charge in [-0.15, -0.1) is 0 Å². The van der Waals surface area contributed by atoms with Gasteiger partial charge in [0.2, 0.25) is 5.91 Å². The molecule has 1 amide bonds. The first kappa shape index (κ1) is 22.7. The average Bonchev–Trinajstić information content (AvgIpc) is 2.97. The number of carbonyl (C=O) groups is 1. The number of amides is 1. The molecule has 1 aliphatic carbocycles. The highest BCUT2D eigenvalue weighted by atomic mass is 19.4. The van der Waals surface area contributed by atoms with E-state index in [0.29, 0.717) is 12.0 Å². The summed E-state index contributed by atoms with van der Waals surface area (Å²) in [6.45, 7) is 10.8. The van der Waals surface area contributed by atoms with Crippen molar-refractivity contribution in [2.24, 2.45) is 11.3 Å². The van der Waals surface area contributed by atoms with Crippen molar-refractivity contribution in [3.8, 4) is 0 Å². The van der Waals surface area contributed by atoms with Crippen LogP contribution >= 0.6 is 0 Å². The predicted octanol–water partition coefficient (Wildman–Crippen LogP) is 6.09. The standard InChI is InChI=1S/C17H21F3N2O.C5H12/c18-17(19,20)15-10-14(21-16(23)12-4-3-5-12)7-6-13(15)11-22-8-1-2-9-22;1-5(2,3)4/h6-7,10,12H,1-5,8-9,11H2,(H,21,23);1-4H3. The fraction of sp³-hybridized carbons (Fsp3) is 0.682. The Morgan fingerprint density at radius 3 is 2.11 bits per heavy atom. The molecule has 2 fully saturated rings. The Labute approximate surface area is 166 Å². The van der Waals surface area contributed by atoms with Crippen LogP contribution in [0.3, 0.4) is 0 Å². The minimum absolute atomic E-state index is 0.0476. The number of benzene rings is 1. The molecule has 28 heavy (non-hydrogen) atoms. The van der Waals surface area contributed by atoms with Gasteiger partial charge in [-0.05, 0) is 61.9 Å². The lowest BCUT2D eigenvalue weighted by Gasteiger charge is -2.24. The number of likely N-dealkylation sites (tertiary alicyclic amines) is 1. The third-order valence-electron chi connectivity index (χ3n) is 4.75. The second-order valence-electron chi connectivity index (χ2n) is 9.47. The van der Waals surface area contributed by atoms with Gasteiger partial charge in [-0.1, -0.05) is 40.2 Å². The summed E-state index contributed by atoms with van der Waals surface area (Å²) in [5.74, 6) is -0.217. The summed E-state index contributed by atoms with van der Waals surface area (Å²) in [7, 11) is 0. The first-order chi connectivity index (χ1) is 12.9. The largest absolute Gasteiger partial charge is 0.416 e. The normalized spacial score (nSPS) is 18.2. The highest BCUT2D eigenvalue weighted by molar-refractivity contribution is 5.93. The maximum absolute atomic E-state index is 13.3. The molecule has 3 nitrogen and oxygen atoms in total. The Hall–Kier alpha value is -1.56. The molecule has 2 aliphatic rings. The van der Waals surface area contributed by atoms with Crippen LogP contribution in [0.4, 0.5) is 18.9 Å². The van der Waals surface area contributed by atoms with Crippen LogP contribution in [0.5, 0.6) is 0 Å². The Balaban J connectivity index is 0.000000500. The number of anilines is 1. The van der Waals surface area contributed by atoms with Gasteiger partial charge in [-0.3, -0.25) is 9.69 Å². The Morgan fingerprint density at radius 1 is 1.07 bits per heavy atom.